The van der Waals surface area contributed by atoms with Crippen LogP contribution < -0.4 is 0 Å². The van der Waals surface area contributed by atoms with Gasteiger partial charge in [0.2, 0.25) is 0 Å². The Kier molecular flexibility index (Phi) is 14.0. The van der Waals surface area contributed by atoms with Crippen LogP contribution in [0.1, 0.15) is 6.92 Å². The van der Waals surface area contributed by atoms with Gasteiger partial charge in [0.25, 0.3) is 0 Å². The second kappa shape index (κ2) is 16.3. The molecule has 4 rings (SSSR count). The Hall–Kier alpha value is 2.29. The molecule has 0 saturated carbocycles. The lowest BCUT2D eigenvalue weighted by Crippen LogP contribution is -2.35. The van der Waals surface area contributed by atoms with E-state index in [4.69, 9.17) is 18.9 Å². The third kappa shape index (κ3) is 13.6. The first-order valence-electron chi connectivity index (χ1n) is 12.0. The van der Waals surface area contributed by atoms with Gasteiger partial charge in [0, 0.05) is 66.5 Å². The fourth-order valence-corrected chi connectivity index (χ4v) is 8.15. The summed E-state index contributed by atoms with van der Waals surface area (Å²) in [7, 11) is 0. The minimum atomic E-state index is -0.0924. The van der Waals surface area contributed by atoms with E-state index in [0.717, 1.165) is 73.2 Å². The molecule has 4 fully saturated rings. The molecule has 4 aliphatic rings. The first-order chi connectivity index (χ1) is 16.3. The molecule has 0 amide bonds. The molecule has 192 valence electrons. The second-order valence-electron chi connectivity index (χ2n) is 8.49. The molecule has 0 aromatic heterocycles. The Labute approximate surface area is 230 Å². The zero-order chi connectivity index (χ0) is 22.7. The molecule has 4 saturated heterocycles. The Morgan fingerprint density at radius 1 is 0.758 bits per heavy atom. The molecule has 0 bridgehead atoms. The van der Waals surface area contributed by atoms with Gasteiger partial charge in [0.05, 0.1) is 44.9 Å². The van der Waals surface area contributed by atoms with E-state index >= 15 is 0 Å². The fourth-order valence-electron chi connectivity index (χ4n) is 2.96. The Morgan fingerprint density at radius 3 is 1.91 bits per heavy atom. The van der Waals surface area contributed by atoms with Crippen LogP contribution in [0.5, 0.6) is 0 Å². The lowest BCUT2D eigenvalue weighted by molar-refractivity contribution is -0.135. The Morgan fingerprint density at radius 2 is 1.33 bits per heavy atom. The van der Waals surface area contributed by atoms with Crippen molar-refractivity contribution in [3.63, 3.8) is 0 Å². The monoisotopic (exact) mass is 590 g/mol. The summed E-state index contributed by atoms with van der Waals surface area (Å²) in [5.74, 6) is 9.37. The van der Waals surface area contributed by atoms with Gasteiger partial charge in [0.1, 0.15) is 0 Å². The SMILES string of the molecule is CCSCC(SCC(COCC1CS1)SCCOCC1CS1)C(OCC1CS1)OCC1CS1. The van der Waals surface area contributed by atoms with Gasteiger partial charge >= 0.3 is 0 Å². The lowest BCUT2D eigenvalue weighted by Gasteiger charge is -2.28. The maximum atomic E-state index is 6.35. The first kappa shape index (κ1) is 28.3. The lowest BCUT2D eigenvalue weighted by atomic mass is 10.4. The molecule has 6 atom stereocenters. The predicted molar refractivity (Wildman–Crippen MR) is 158 cm³/mol. The van der Waals surface area contributed by atoms with Gasteiger partial charge in [-0.15, -0.1) is 0 Å². The van der Waals surface area contributed by atoms with Crippen molar-refractivity contribution in [2.75, 3.05) is 85.7 Å². The maximum Gasteiger partial charge on any atom is 0.170 e. The van der Waals surface area contributed by atoms with Gasteiger partial charge in [-0.2, -0.15) is 82.3 Å². The summed E-state index contributed by atoms with van der Waals surface area (Å²) >= 11 is 14.1. The van der Waals surface area contributed by atoms with Crippen LogP contribution in [-0.2, 0) is 18.9 Å². The van der Waals surface area contributed by atoms with Crippen molar-refractivity contribution in [2.24, 2.45) is 0 Å². The number of thioether (sulfide) groups is 7. The van der Waals surface area contributed by atoms with E-state index < -0.39 is 0 Å². The van der Waals surface area contributed by atoms with E-state index in [9.17, 15) is 0 Å². The van der Waals surface area contributed by atoms with Crippen LogP contribution in [0.4, 0.5) is 0 Å². The Bertz CT molecular complexity index is 517. The molecule has 0 aromatic carbocycles. The summed E-state index contributed by atoms with van der Waals surface area (Å²) in [6.45, 7) is 7.42. The van der Waals surface area contributed by atoms with Crippen LogP contribution in [-0.4, -0.2) is 123 Å². The number of ether oxygens (including phenoxy) is 4. The smallest absolute Gasteiger partial charge is 0.170 e. The fraction of sp³-hybridized carbons (Fsp3) is 1.00. The van der Waals surface area contributed by atoms with E-state index in [2.05, 4.69) is 6.92 Å². The predicted octanol–water partition coefficient (Wildman–Crippen LogP) is 4.80. The van der Waals surface area contributed by atoms with Gasteiger partial charge in [-0.3, -0.25) is 0 Å². The van der Waals surface area contributed by atoms with Gasteiger partial charge in [-0.05, 0) is 5.75 Å². The largest absolute Gasteiger partial charge is 0.379 e. The minimum absolute atomic E-state index is 0.0924. The molecule has 4 heterocycles. The molecule has 0 spiro atoms. The summed E-state index contributed by atoms with van der Waals surface area (Å²) in [5, 5.41) is 3.72. The molecule has 0 radical (unpaired) electrons. The van der Waals surface area contributed by atoms with Crippen molar-refractivity contribution in [1.82, 2.24) is 0 Å². The Balaban J connectivity index is 1.22. The van der Waals surface area contributed by atoms with Crippen LogP contribution in [0, 0.1) is 0 Å². The van der Waals surface area contributed by atoms with E-state index in [0.29, 0.717) is 21.0 Å². The highest BCUT2D eigenvalue weighted by molar-refractivity contribution is 8.07. The highest BCUT2D eigenvalue weighted by Crippen LogP contribution is 2.35. The number of hydrogen-bond donors (Lipinski definition) is 0. The van der Waals surface area contributed by atoms with Gasteiger partial charge < -0.3 is 18.9 Å². The number of rotatable bonds is 23. The summed E-state index contributed by atoms with van der Waals surface area (Å²) in [6.07, 6.45) is -0.0924. The molecule has 33 heavy (non-hydrogen) atoms. The second-order valence-corrected chi connectivity index (χ2v) is 17.8. The van der Waals surface area contributed by atoms with Crippen LogP contribution in [0.3, 0.4) is 0 Å². The average Bonchev–Trinajstić information content (AvgIpc) is 3.64. The van der Waals surface area contributed by atoms with Crippen LogP contribution in [0.25, 0.3) is 0 Å². The molecule has 4 nitrogen and oxygen atoms in total. The highest BCUT2D eigenvalue weighted by atomic mass is 32.2. The van der Waals surface area contributed by atoms with Gasteiger partial charge in [0.15, 0.2) is 6.29 Å². The van der Waals surface area contributed by atoms with Crippen LogP contribution in [0.15, 0.2) is 0 Å². The van der Waals surface area contributed by atoms with Crippen molar-refractivity contribution in [1.29, 1.82) is 0 Å². The summed E-state index contributed by atoms with van der Waals surface area (Å²) in [4.78, 5) is 0. The molecule has 6 unspecified atom stereocenters. The van der Waals surface area contributed by atoms with E-state index in [1.807, 2.05) is 82.3 Å². The van der Waals surface area contributed by atoms with Crippen LogP contribution >= 0.6 is 82.3 Å². The molecular formula is C22H38O4S7. The van der Waals surface area contributed by atoms with Crippen molar-refractivity contribution in [3.05, 3.63) is 0 Å². The van der Waals surface area contributed by atoms with E-state index in [-0.39, 0.29) is 6.29 Å². The number of hydrogen-bond acceptors (Lipinski definition) is 11. The third-order valence-electron chi connectivity index (χ3n) is 5.28. The topological polar surface area (TPSA) is 36.9 Å². The molecule has 4 aliphatic heterocycles. The van der Waals surface area contributed by atoms with Crippen molar-refractivity contribution in [2.45, 2.75) is 44.7 Å². The zero-order valence-corrected chi connectivity index (χ0v) is 25.1. The maximum absolute atomic E-state index is 6.35. The molecule has 0 N–H and O–H groups in total. The van der Waals surface area contributed by atoms with E-state index in [1.54, 1.807) is 0 Å². The van der Waals surface area contributed by atoms with E-state index in [1.165, 1.54) is 23.0 Å². The zero-order valence-electron chi connectivity index (χ0n) is 19.4. The molecule has 0 aliphatic carbocycles. The molecule has 0 aromatic rings. The van der Waals surface area contributed by atoms with Gasteiger partial charge in [-0.25, -0.2) is 0 Å². The third-order valence-corrected chi connectivity index (χ3v) is 13.1. The van der Waals surface area contributed by atoms with Crippen molar-refractivity contribution >= 4 is 82.3 Å². The quantitative estimate of drug-likeness (QED) is 0.0936. The normalized spacial score (nSPS) is 30.1. The standard InChI is InChI=1S/C22H38O4S7/c1-2-27-15-21(22(25-8-19-12-31-19)26-9-20-13-32-20)33-14-16(6-24-7-18-11-30-18)28-4-3-23-5-17-10-29-17/h16-22H,2-15H2,1H3. The molecule has 11 heteroatoms. The van der Waals surface area contributed by atoms with Crippen molar-refractivity contribution in [3.8, 4) is 0 Å². The molecular weight excluding hydrogens is 553 g/mol. The van der Waals surface area contributed by atoms with Crippen molar-refractivity contribution < 1.29 is 18.9 Å². The van der Waals surface area contributed by atoms with Crippen LogP contribution in [0.2, 0.25) is 0 Å². The summed E-state index contributed by atoms with van der Waals surface area (Å²) in [6, 6.07) is 0. The van der Waals surface area contributed by atoms with Gasteiger partial charge in [-0.1, -0.05) is 6.92 Å². The summed E-state index contributed by atoms with van der Waals surface area (Å²) in [5.41, 5.74) is 0. The average molecular weight is 591 g/mol. The summed E-state index contributed by atoms with van der Waals surface area (Å²) < 4.78 is 24.7. The first-order valence-corrected chi connectivity index (χ1v) is 19.4. The minimum Gasteiger partial charge on any atom is -0.379 e. The highest BCUT2D eigenvalue weighted by Gasteiger charge is 2.32.